The summed E-state index contributed by atoms with van der Waals surface area (Å²) in [6.07, 6.45) is 4.39. The van der Waals surface area contributed by atoms with E-state index in [9.17, 15) is 9.59 Å². The Kier molecular flexibility index (Phi) is 5.45. The number of esters is 1. The molecule has 4 heteroatoms. The third kappa shape index (κ3) is 4.02. The third-order valence-corrected chi connectivity index (χ3v) is 3.66. The van der Waals surface area contributed by atoms with Crippen molar-refractivity contribution in [2.75, 3.05) is 20.7 Å². The summed E-state index contributed by atoms with van der Waals surface area (Å²) in [4.78, 5) is 24.8. The van der Waals surface area contributed by atoms with E-state index >= 15 is 0 Å². The quantitative estimate of drug-likeness (QED) is 0.690. The molecule has 0 spiro atoms. The summed E-state index contributed by atoms with van der Waals surface area (Å²) < 4.78 is 4.57. The molecule has 1 aliphatic carbocycles. The number of hydrogen-bond acceptors (Lipinski definition) is 3. The highest BCUT2D eigenvalue weighted by atomic mass is 16.5. The monoisotopic (exact) mass is 241 g/mol. The second-order valence-corrected chi connectivity index (χ2v) is 4.95. The van der Waals surface area contributed by atoms with E-state index in [1.165, 1.54) is 7.11 Å². The number of rotatable bonds is 5. The van der Waals surface area contributed by atoms with Crippen LogP contribution in [0.15, 0.2) is 0 Å². The van der Waals surface area contributed by atoms with Gasteiger partial charge in [-0.25, -0.2) is 0 Å². The van der Waals surface area contributed by atoms with Crippen LogP contribution in [0, 0.1) is 11.8 Å². The molecule has 0 aromatic rings. The lowest BCUT2D eigenvalue weighted by atomic mass is 9.97. The minimum absolute atomic E-state index is 0.193. The van der Waals surface area contributed by atoms with Gasteiger partial charge in [-0.1, -0.05) is 13.3 Å². The first-order valence-corrected chi connectivity index (χ1v) is 6.38. The summed E-state index contributed by atoms with van der Waals surface area (Å²) in [5.41, 5.74) is 0. The number of carbonyl (C=O) groups excluding carboxylic acids is 2. The molecule has 1 fully saturated rings. The molecule has 0 N–H and O–H groups in total. The Hall–Kier alpha value is -1.06. The van der Waals surface area contributed by atoms with E-state index in [1.54, 1.807) is 4.90 Å². The van der Waals surface area contributed by atoms with Crippen LogP contribution in [0.5, 0.6) is 0 Å². The van der Waals surface area contributed by atoms with E-state index in [4.69, 9.17) is 0 Å². The van der Waals surface area contributed by atoms with Crippen LogP contribution in [0.1, 0.15) is 39.0 Å². The van der Waals surface area contributed by atoms with E-state index in [0.717, 1.165) is 19.3 Å². The highest BCUT2D eigenvalue weighted by Crippen LogP contribution is 2.32. The lowest BCUT2D eigenvalue weighted by molar-refractivity contribution is -0.141. The molecule has 2 atom stereocenters. The van der Waals surface area contributed by atoms with Gasteiger partial charge in [0.25, 0.3) is 0 Å². The largest absolute Gasteiger partial charge is 0.469 e. The van der Waals surface area contributed by atoms with Crippen LogP contribution in [0.25, 0.3) is 0 Å². The summed E-state index contributed by atoms with van der Waals surface area (Å²) in [6, 6.07) is 0. The predicted octanol–water partition coefficient (Wildman–Crippen LogP) is 1.83. The first kappa shape index (κ1) is 14.0. The van der Waals surface area contributed by atoms with Crippen LogP contribution in [0.4, 0.5) is 0 Å². The first-order valence-electron chi connectivity index (χ1n) is 6.38. The molecule has 2 unspecified atom stereocenters. The molecule has 1 rings (SSSR count). The maximum atomic E-state index is 12.1. The smallest absolute Gasteiger partial charge is 0.305 e. The summed E-state index contributed by atoms with van der Waals surface area (Å²) >= 11 is 0. The third-order valence-electron chi connectivity index (χ3n) is 3.66. The van der Waals surface area contributed by atoms with Gasteiger partial charge in [0.2, 0.25) is 5.91 Å². The van der Waals surface area contributed by atoms with Crippen LogP contribution in [0.2, 0.25) is 0 Å². The van der Waals surface area contributed by atoms with E-state index in [0.29, 0.717) is 25.3 Å². The Labute approximate surface area is 103 Å². The van der Waals surface area contributed by atoms with E-state index in [1.807, 2.05) is 7.05 Å². The molecular formula is C13H23NO3. The van der Waals surface area contributed by atoms with Crippen molar-refractivity contribution in [3.63, 3.8) is 0 Å². The molecule has 0 aromatic carbocycles. The average molecular weight is 241 g/mol. The molecule has 0 aliphatic heterocycles. The standard InChI is InChI=1S/C13H23NO3/c1-10-6-4-7-11(10)13(16)14(2)9-5-8-12(15)17-3/h10-11H,4-9H2,1-3H3. The van der Waals surface area contributed by atoms with Crippen molar-refractivity contribution >= 4 is 11.9 Å². The van der Waals surface area contributed by atoms with Crippen molar-refractivity contribution in [1.29, 1.82) is 0 Å². The van der Waals surface area contributed by atoms with E-state index in [-0.39, 0.29) is 17.8 Å². The Bertz CT molecular complexity index is 278. The van der Waals surface area contributed by atoms with Crippen LogP contribution in [-0.2, 0) is 14.3 Å². The fourth-order valence-electron chi connectivity index (χ4n) is 2.47. The number of nitrogens with zero attached hydrogens (tertiary/aromatic N) is 1. The van der Waals surface area contributed by atoms with Gasteiger partial charge >= 0.3 is 5.97 Å². The molecule has 0 aromatic heterocycles. The van der Waals surface area contributed by atoms with Gasteiger partial charge in [0.05, 0.1) is 7.11 Å². The Morgan fingerprint density at radius 2 is 2.06 bits per heavy atom. The van der Waals surface area contributed by atoms with Gasteiger partial charge in [-0.3, -0.25) is 9.59 Å². The molecule has 1 amide bonds. The van der Waals surface area contributed by atoms with Gasteiger partial charge in [0, 0.05) is 25.9 Å². The minimum Gasteiger partial charge on any atom is -0.469 e. The van der Waals surface area contributed by atoms with E-state index < -0.39 is 0 Å². The Balaban J connectivity index is 2.29. The van der Waals surface area contributed by atoms with Gasteiger partial charge < -0.3 is 9.64 Å². The SMILES string of the molecule is COC(=O)CCCN(C)C(=O)C1CCCC1C. The van der Waals surface area contributed by atoms with Gasteiger partial charge in [-0.05, 0) is 25.2 Å². The normalized spacial score (nSPS) is 23.5. The van der Waals surface area contributed by atoms with Gasteiger partial charge in [-0.2, -0.15) is 0 Å². The van der Waals surface area contributed by atoms with Gasteiger partial charge in [0.1, 0.15) is 0 Å². The molecule has 98 valence electrons. The Morgan fingerprint density at radius 1 is 1.35 bits per heavy atom. The fraction of sp³-hybridized carbons (Fsp3) is 0.846. The second-order valence-electron chi connectivity index (χ2n) is 4.95. The zero-order valence-electron chi connectivity index (χ0n) is 11.1. The lowest BCUT2D eigenvalue weighted by Crippen LogP contribution is -2.34. The van der Waals surface area contributed by atoms with Gasteiger partial charge in [-0.15, -0.1) is 0 Å². The molecule has 1 aliphatic rings. The molecule has 4 nitrogen and oxygen atoms in total. The zero-order chi connectivity index (χ0) is 12.8. The predicted molar refractivity (Wildman–Crippen MR) is 65.4 cm³/mol. The maximum Gasteiger partial charge on any atom is 0.305 e. The number of amides is 1. The van der Waals surface area contributed by atoms with Crippen molar-refractivity contribution in [3.8, 4) is 0 Å². The molecule has 1 saturated carbocycles. The molecule has 17 heavy (non-hydrogen) atoms. The number of hydrogen-bond donors (Lipinski definition) is 0. The van der Waals surface area contributed by atoms with Crippen molar-refractivity contribution in [2.45, 2.75) is 39.0 Å². The first-order chi connectivity index (χ1) is 8.06. The summed E-state index contributed by atoms with van der Waals surface area (Å²) in [5.74, 6) is 0.726. The maximum absolute atomic E-state index is 12.1. The lowest BCUT2D eigenvalue weighted by Gasteiger charge is -2.23. The van der Waals surface area contributed by atoms with Crippen LogP contribution in [0.3, 0.4) is 0 Å². The number of ether oxygens (including phenoxy) is 1. The fourth-order valence-corrected chi connectivity index (χ4v) is 2.47. The highest BCUT2D eigenvalue weighted by Gasteiger charge is 2.31. The van der Waals surface area contributed by atoms with Crippen LogP contribution in [-0.4, -0.2) is 37.5 Å². The van der Waals surface area contributed by atoms with Crippen molar-refractivity contribution in [3.05, 3.63) is 0 Å². The van der Waals surface area contributed by atoms with Crippen LogP contribution < -0.4 is 0 Å². The van der Waals surface area contributed by atoms with Crippen molar-refractivity contribution in [2.24, 2.45) is 11.8 Å². The molecule has 0 saturated heterocycles. The minimum atomic E-state index is -0.208. The van der Waals surface area contributed by atoms with Gasteiger partial charge in [0.15, 0.2) is 0 Å². The molecular weight excluding hydrogens is 218 g/mol. The number of methoxy groups -OCH3 is 1. The highest BCUT2D eigenvalue weighted by molar-refractivity contribution is 5.79. The van der Waals surface area contributed by atoms with Crippen LogP contribution >= 0.6 is 0 Å². The Morgan fingerprint density at radius 3 is 2.59 bits per heavy atom. The van der Waals surface area contributed by atoms with Crippen molar-refractivity contribution in [1.82, 2.24) is 4.90 Å². The topological polar surface area (TPSA) is 46.6 Å². The number of carbonyl (C=O) groups is 2. The second kappa shape index (κ2) is 6.62. The average Bonchev–Trinajstić information content (AvgIpc) is 2.74. The molecule has 0 bridgehead atoms. The van der Waals surface area contributed by atoms with Crippen molar-refractivity contribution < 1.29 is 14.3 Å². The zero-order valence-corrected chi connectivity index (χ0v) is 11.1. The summed E-state index contributed by atoms with van der Waals surface area (Å²) in [6.45, 7) is 2.79. The van der Waals surface area contributed by atoms with E-state index in [2.05, 4.69) is 11.7 Å². The summed E-state index contributed by atoms with van der Waals surface area (Å²) in [7, 11) is 3.21. The summed E-state index contributed by atoms with van der Waals surface area (Å²) in [5, 5.41) is 0. The molecule has 0 radical (unpaired) electrons. The molecule has 0 heterocycles.